The van der Waals surface area contributed by atoms with Gasteiger partial charge in [0.2, 0.25) is 0 Å². The molecule has 0 saturated carbocycles. The number of aryl methyl sites for hydroxylation is 2. The molecule has 0 unspecified atom stereocenters. The van der Waals surface area contributed by atoms with Crippen LogP contribution >= 0.6 is 0 Å². The summed E-state index contributed by atoms with van der Waals surface area (Å²) in [6, 6.07) is 1.14. The van der Waals surface area contributed by atoms with Gasteiger partial charge in [0.1, 0.15) is 11.5 Å². The van der Waals surface area contributed by atoms with Gasteiger partial charge in [-0.15, -0.1) is 0 Å². The standard InChI is InChI=1S/C16H24N4O4S/c1-11-8-13(18-12(2)17-11)16(21)20-5-4-19(6-7-24-3)14-9-25(22,23)10-15(14)20/h8,14-15H,4-7,9-10H2,1-3H3/t14-,15+/m1/s1. The molecular weight excluding hydrogens is 344 g/mol. The van der Waals surface area contributed by atoms with Gasteiger partial charge in [-0.05, 0) is 19.9 Å². The fraction of sp³-hybridized carbons (Fsp3) is 0.688. The lowest BCUT2D eigenvalue weighted by Gasteiger charge is -2.43. The molecular formula is C16H24N4O4S. The number of nitrogens with zero attached hydrogens (tertiary/aromatic N) is 4. The number of aromatic nitrogens is 2. The molecule has 2 fully saturated rings. The molecule has 8 nitrogen and oxygen atoms in total. The van der Waals surface area contributed by atoms with Gasteiger partial charge in [0.25, 0.3) is 5.91 Å². The smallest absolute Gasteiger partial charge is 0.272 e. The van der Waals surface area contributed by atoms with E-state index in [0.717, 1.165) is 5.69 Å². The molecule has 0 aliphatic carbocycles. The first-order chi connectivity index (χ1) is 11.8. The molecule has 0 radical (unpaired) electrons. The van der Waals surface area contributed by atoms with Gasteiger partial charge in [0, 0.05) is 38.5 Å². The van der Waals surface area contributed by atoms with Crippen molar-refractivity contribution in [3.63, 3.8) is 0 Å². The van der Waals surface area contributed by atoms with Crippen molar-refractivity contribution < 1.29 is 17.9 Å². The van der Waals surface area contributed by atoms with E-state index in [1.54, 1.807) is 25.0 Å². The van der Waals surface area contributed by atoms with Crippen LogP contribution in [0.5, 0.6) is 0 Å². The largest absolute Gasteiger partial charge is 0.383 e. The van der Waals surface area contributed by atoms with E-state index in [0.29, 0.717) is 37.8 Å². The zero-order valence-electron chi connectivity index (χ0n) is 14.8. The number of hydrogen-bond donors (Lipinski definition) is 0. The maximum Gasteiger partial charge on any atom is 0.272 e. The second-order valence-electron chi connectivity index (χ2n) is 6.68. The minimum absolute atomic E-state index is 0.00986. The summed E-state index contributed by atoms with van der Waals surface area (Å²) >= 11 is 0. The Morgan fingerprint density at radius 2 is 1.96 bits per heavy atom. The molecule has 0 N–H and O–H groups in total. The number of carbonyl (C=O) groups excluding carboxylic acids is 1. The lowest BCUT2D eigenvalue weighted by atomic mass is 10.0. The van der Waals surface area contributed by atoms with E-state index in [1.165, 1.54) is 0 Å². The summed E-state index contributed by atoms with van der Waals surface area (Å²) in [5.41, 5.74) is 1.06. The highest BCUT2D eigenvalue weighted by atomic mass is 32.2. The van der Waals surface area contributed by atoms with Crippen molar-refractivity contribution in [2.45, 2.75) is 25.9 Å². The molecule has 1 aromatic heterocycles. The van der Waals surface area contributed by atoms with Gasteiger partial charge in [-0.25, -0.2) is 18.4 Å². The third kappa shape index (κ3) is 3.83. The second-order valence-corrected chi connectivity index (χ2v) is 8.83. The number of fused-ring (bicyclic) bond motifs is 1. The van der Waals surface area contributed by atoms with Gasteiger partial charge >= 0.3 is 0 Å². The van der Waals surface area contributed by atoms with E-state index in [4.69, 9.17) is 4.74 Å². The molecule has 2 aliphatic heterocycles. The molecule has 138 valence electrons. The summed E-state index contributed by atoms with van der Waals surface area (Å²) in [7, 11) is -1.53. The van der Waals surface area contributed by atoms with Crippen LogP contribution < -0.4 is 0 Å². The van der Waals surface area contributed by atoms with Gasteiger partial charge in [-0.1, -0.05) is 0 Å². The monoisotopic (exact) mass is 368 g/mol. The highest BCUT2D eigenvalue weighted by molar-refractivity contribution is 7.91. The van der Waals surface area contributed by atoms with Crippen LogP contribution in [0.15, 0.2) is 6.07 Å². The molecule has 2 atom stereocenters. The van der Waals surface area contributed by atoms with Crippen LogP contribution in [0.1, 0.15) is 22.0 Å². The van der Waals surface area contributed by atoms with E-state index < -0.39 is 9.84 Å². The van der Waals surface area contributed by atoms with E-state index in [2.05, 4.69) is 14.9 Å². The van der Waals surface area contributed by atoms with Crippen LogP contribution in [0.2, 0.25) is 0 Å². The fourth-order valence-electron chi connectivity index (χ4n) is 3.74. The molecule has 1 amide bonds. The number of amides is 1. The third-order valence-corrected chi connectivity index (χ3v) is 6.52. The van der Waals surface area contributed by atoms with Crippen molar-refractivity contribution in [2.75, 3.05) is 44.9 Å². The first-order valence-corrected chi connectivity index (χ1v) is 10.2. The highest BCUT2D eigenvalue weighted by Gasteiger charge is 2.48. The fourth-order valence-corrected chi connectivity index (χ4v) is 5.75. The van der Waals surface area contributed by atoms with E-state index in [9.17, 15) is 13.2 Å². The summed E-state index contributed by atoms with van der Waals surface area (Å²) < 4.78 is 29.5. The van der Waals surface area contributed by atoms with Gasteiger partial charge in [0.05, 0.1) is 24.2 Å². The molecule has 3 rings (SSSR count). The average molecular weight is 368 g/mol. The minimum Gasteiger partial charge on any atom is -0.383 e. The Morgan fingerprint density at radius 3 is 2.64 bits per heavy atom. The van der Waals surface area contributed by atoms with Gasteiger partial charge in [-0.3, -0.25) is 9.69 Å². The van der Waals surface area contributed by atoms with E-state index >= 15 is 0 Å². The summed E-state index contributed by atoms with van der Waals surface area (Å²) in [4.78, 5) is 25.2. The molecule has 9 heteroatoms. The van der Waals surface area contributed by atoms with Gasteiger partial charge in [0.15, 0.2) is 9.84 Å². The Morgan fingerprint density at radius 1 is 1.24 bits per heavy atom. The number of hydrogen-bond acceptors (Lipinski definition) is 7. The Hall–Kier alpha value is -1.58. The van der Waals surface area contributed by atoms with Crippen molar-refractivity contribution >= 4 is 15.7 Å². The molecule has 2 aliphatic rings. The Labute approximate surface area is 148 Å². The molecule has 0 spiro atoms. The lowest BCUT2D eigenvalue weighted by Crippen LogP contribution is -2.61. The zero-order chi connectivity index (χ0) is 18.2. The van der Waals surface area contributed by atoms with Crippen molar-refractivity contribution in [3.8, 4) is 0 Å². The Balaban J connectivity index is 1.86. The quantitative estimate of drug-likeness (QED) is 0.718. The number of sulfone groups is 1. The predicted molar refractivity (Wildman–Crippen MR) is 92.2 cm³/mol. The maximum absolute atomic E-state index is 13.0. The maximum atomic E-state index is 13.0. The second kappa shape index (κ2) is 6.97. The highest BCUT2D eigenvalue weighted by Crippen LogP contribution is 2.28. The van der Waals surface area contributed by atoms with E-state index in [-0.39, 0.29) is 29.5 Å². The van der Waals surface area contributed by atoms with Crippen molar-refractivity contribution in [2.24, 2.45) is 0 Å². The Bertz CT molecular complexity index is 747. The molecule has 1 aromatic rings. The molecule has 2 saturated heterocycles. The molecule has 3 heterocycles. The van der Waals surface area contributed by atoms with E-state index in [1.807, 2.05) is 6.92 Å². The van der Waals surface area contributed by atoms with Crippen LogP contribution in [-0.4, -0.2) is 91.0 Å². The minimum atomic E-state index is -3.16. The van der Waals surface area contributed by atoms with Crippen LogP contribution in [0.4, 0.5) is 0 Å². The van der Waals surface area contributed by atoms with Crippen LogP contribution in [0.3, 0.4) is 0 Å². The summed E-state index contributed by atoms with van der Waals surface area (Å²) in [5, 5.41) is 0. The zero-order valence-corrected chi connectivity index (χ0v) is 15.6. The Kier molecular flexibility index (Phi) is 5.08. The number of methoxy groups -OCH3 is 1. The lowest BCUT2D eigenvalue weighted by molar-refractivity contribution is 0.0243. The van der Waals surface area contributed by atoms with Crippen LogP contribution in [-0.2, 0) is 14.6 Å². The van der Waals surface area contributed by atoms with Crippen molar-refractivity contribution in [1.82, 2.24) is 19.8 Å². The van der Waals surface area contributed by atoms with Crippen molar-refractivity contribution in [3.05, 3.63) is 23.3 Å². The summed E-state index contributed by atoms with van der Waals surface area (Å²) in [6.07, 6.45) is 0. The predicted octanol–water partition coefficient (Wildman–Crippen LogP) is -0.337. The number of piperazine rings is 1. The topological polar surface area (TPSA) is 92.7 Å². The number of carbonyl (C=O) groups is 1. The molecule has 25 heavy (non-hydrogen) atoms. The molecule has 0 bridgehead atoms. The van der Waals surface area contributed by atoms with Crippen molar-refractivity contribution in [1.29, 1.82) is 0 Å². The first kappa shape index (κ1) is 18.2. The van der Waals surface area contributed by atoms with Crippen LogP contribution in [0, 0.1) is 13.8 Å². The summed E-state index contributed by atoms with van der Waals surface area (Å²) in [5.74, 6) is 0.424. The molecule has 0 aromatic carbocycles. The summed E-state index contributed by atoms with van der Waals surface area (Å²) in [6.45, 7) is 5.89. The SMILES string of the molecule is COCCN1CCN(C(=O)c2cc(C)nc(C)n2)[C@H]2CS(=O)(=O)C[C@H]21. The van der Waals surface area contributed by atoms with Gasteiger partial charge in [-0.2, -0.15) is 0 Å². The van der Waals surface area contributed by atoms with Crippen LogP contribution in [0.25, 0.3) is 0 Å². The number of ether oxygens (including phenoxy) is 1. The normalized spacial score (nSPS) is 25.8. The van der Waals surface area contributed by atoms with Gasteiger partial charge < -0.3 is 9.64 Å². The third-order valence-electron chi connectivity index (χ3n) is 4.82. The average Bonchev–Trinajstić information content (AvgIpc) is 2.86. The first-order valence-electron chi connectivity index (χ1n) is 8.37. The number of rotatable bonds is 4.